The average Bonchev–Trinajstić information content (AvgIpc) is 2.87. The lowest BCUT2D eigenvalue weighted by Gasteiger charge is -2.38. The van der Waals surface area contributed by atoms with Gasteiger partial charge in [-0.2, -0.15) is 5.10 Å². The number of rotatable bonds is 3. The van der Waals surface area contributed by atoms with E-state index in [1.165, 1.54) is 0 Å². The number of hydrogen-bond donors (Lipinski definition) is 1. The van der Waals surface area contributed by atoms with E-state index in [0.717, 1.165) is 16.5 Å². The zero-order valence-corrected chi connectivity index (χ0v) is 15.0. The van der Waals surface area contributed by atoms with Crippen LogP contribution in [0.3, 0.4) is 0 Å². The number of aromatic amines is 1. The molecule has 0 saturated heterocycles. The fraction of sp³-hybridized carbons (Fsp3) is 0.500. The third-order valence-corrected chi connectivity index (χ3v) is 11.1. The smallest absolute Gasteiger partial charge is 0.146 e. The summed E-state index contributed by atoms with van der Waals surface area (Å²) in [6.45, 7) is 14.1. The van der Waals surface area contributed by atoms with E-state index in [1.807, 2.05) is 18.3 Å². The van der Waals surface area contributed by atoms with Gasteiger partial charge in [0, 0.05) is 10.9 Å². The van der Waals surface area contributed by atoms with Crippen LogP contribution in [-0.4, -0.2) is 18.3 Å². The van der Waals surface area contributed by atoms with Crippen LogP contribution in [0.4, 0.5) is 0 Å². The normalized spacial score (nSPS) is 12.2. The zero-order valence-electron chi connectivity index (χ0n) is 14.0. The van der Waals surface area contributed by atoms with Gasteiger partial charge in [-0.05, 0) is 28.8 Å². The van der Waals surface area contributed by atoms with E-state index in [0.29, 0.717) is 16.6 Å². The van der Waals surface area contributed by atoms with Gasteiger partial charge in [0.15, 0.2) is 0 Å². The SMILES string of the molecule is CC(C)[Si](C#Cc1cccc2[nH]ncc12)(C(C)C)C(C)C. The second-order valence-corrected chi connectivity index (χ2v) is 12.4. The third-order valence-electron chi connectivity index (χ3n) is 4.76. The molecule has 2 nitrogen and oxygen atoms in total. The van der Waals surface area contributed by atoms with Gasteiger partial charge in [-0.25, -0.2) is 0 Å². The number of fused-ring (bicyclic) bond motifs is 1. The van der Waals surface area contributed by atoms with Crippen LogP contribution in [0.25, 0.3) is 10.9 Å². The van der Waals surface area contributed by atoms with Crippen LogP contribution < -0.4 is 0 Å². The molecule has 0 fully saturated rings. The van der Waals surface area contributed by atoms with Gasteiger partial charge in [0.2, 0.25) is 0 Å². The van der Waals surface area contributed by atoms with Crippen molar-refractivity contribution in [2.75, 3.05) is 0 Å². The lowest BCUT2D eigenvalue weighted by molar-refractivity contribution is 0.838. The predicted octanol–water partition coefficient (Wildman–Crippen LogP) is 5.13. The van der Waals surface area contributed by atoms with Gasteiger partial charge in [0.25, 0.3) is 0 Å². The summed E-state index contributed by atoms with van der Waals surface area (Å²) in [7, 11) is -1.67. The molecule has 21 heavy (non-hydrogen) atoms. The highest BCUT2D eigenvalue weighted by atomic mass is 28.3. The van der Waals surface area contributed by atoms with Crippen LogP contribution >= 0.6 is 0 Å². The van der Waals surface area contributed by atoms with E-state index in [4.69, 9.17) is 0 Å². The van der Waals surface area contributed by atoms with Crippen molar-refractivity contribution in [3.05, 3.63) is 30.0 Å². The first kappa shape index (κ1) is 15.8. The molecular weight excluding hydrogens is 272 g/mol. The Bertz CT molecular complexity index is 649. The number of nitrogens with one attached hydrogen (secondary N) is 1. The topological polar surface area (TPSA) is 28.7 Å². The molecule has 0 aliphatic heterocycles. The molecule has 0 aliphatic rings. The maximum Gasteiger partial charge on any atom is 0.146 e. The van der Waals surface area contributed by atoms with Crippen molar-refractivity contribution in [1.29, 1.82) is 0 Å². The molecule has 0 radical (unpaired) electrons. The molecule has 0 spiro atoms. The van der Waals surface area contributed by atoms with E-state index >= 15 is 0 Å². The van der Waals surface area contributed by atoms with E-state index in [9.17, 15) is 0 Å². The molecule has 1 heterocycles. The summed E-state index contributed by atoms with van der Waals surface area (Å²) in [6, 6.07) is 6.20. The van der Waals surface area contributed by atoms with E-state index in [1.54, 1.807) is 0 Å². The Hall–Kier alpha value is -1.53. The molecule has 0 amide bonds. The maximum atomic E-state index is 4.13. The van der Waals surface area contributed by atoms with Gasteiger partial charge in [-0.1, -0.05) is 53.5 Å². The van der Waals surface area contributed by atoms with E-state index < -0.39 is 8.07 Å². The molecule has 112 valence electrons. The Labute approximate surface area is 129 Å². The molecule has 0 atom stereocenters. The molecule has 1 N–H and O–H groups in total. The minimum atomic E-state index is -1.67. The fourth-order valence-corrected chi connectivity index (χ4v) is 8.90. The zero-order chi connectivity index (χ0) is 15.6. The highest BCUT2D eigenvalue weighted by molar-refractivity contribution is 6.90. The molecule has 2 rings (SSSR count). The van der Waals surface area contributed by atoms with E-state index in [-0.39, 0.29) is 0 Å². The average molecular weight is 299 g/mol. The van der Waals surface area contributed by atoms with Gasteiger partial charge in [0.1, 0.15) is 8.07 Å². The minimum absolute atomic E-state index is 0.661. The molecular formula is C18H26N2Si. The molecule has 1 aromatic heterocycles. The summed E-state index contributed by atoms with van der Waals surface area (Å²) < 4.78 is 0. The Morgan fingerprint density at radius 1 is 1.00 bits per heavy atom. The number of benzene rings is 1. The van der Waals surface area contributed by atoms with Crippen LogP contribution in [0, 0.1) is 11.5 Å². The highest BCUT2D eigenvalue weighted by Crippen LogP contribution is 2.40. The highest BCUT2D eigenvalue weighted by Gasteiger charge is 2.41. The van der Waals surface area contributed by atoms with Crippen molar-refractivity contribution < 1.29 is 0 Å². The lowest BCUT2D eigenvalue weighted by Crippen LogP contribution is -2.43. The molecule has 3 heteroatoms. The number of hydrogen-bond acceptors (Lipinski definition) is 1. The summed E-state index contributed by atoms with van der Waals surface area (Å²) in [6.07, 6.45) is 1.88. The molecule has 0 saturated carbocycles. The van der Waals surface area contributed by atoms with Crippen LogP contribution in [0.2, 0.25) is 16.6 Å². The standard InChI is InChI=1S/C18H26N2Si/c1-13(2)21(14(3)4,15(5)6)11-10-16-8-7-9-18-17(16)12-19-20-18/h7-9,12-15H,1-6H3,(H,19,20). The van der Waals surface area contributed by atoms with Crippen molar-refractivity contribution in [3.8, 4) is 11.5 Å². The Balaban J connectivity index is 2.54. The van der Waals surface area contributed by atoms with Gasteiger partial charge in [0.05, 0.1) is 11.7 Å². The van der Waals surface area contributed by atoms with Crippen LogP contribution in [0.15, 0.2) is 24.4 Å². The van der Waals surface area contributed by atoms with Crippen molar-refractivity contribution in [3.63, 3.8) is 0 Å². The third kappa shape index (κ3) is 2.78. The monoisotopic (exact) mass is 298 g/mol. The van der Waals surface area contributed by atoms with Crippen molar-refractivity contribution in [2.45, 2.75) is 58.2 Å². The fourth-order valence-electron chi connectivity index (χ4n) is 3.69. The Morgan fingerprint density at radius 2 is 1.62 bits per heavy atom. The van der Waals surface area contributed by atoms with Gasteiger partial charge in [-0.3, -0.25) is 5.10 Å². The molecule has 1 aromatic carbocycles. The molecule has 0 aliphatic carbocycles. The first-order valence-electron chi connectivity index (χ1n) is 7.84. The summed E-state index contributed by atoms with van der Waals surface area (Å²) >= 11 is 0. The molecule has 2 aromatic rings. The van der Waals surface area contributed by atoms with Crippen LogP contribution in [0.1, 0.15) is 47.1 Å². The molecule has 0 bridgehead atoms. The second-order valence-electron chi connectivity index (χ2n) is 6.78. The summed E-state index contributed by atoms with van der Waals surface area (Å²) in [5.41, 5.74) is 7.92. The summed E-state index contributed by atoms with van der Waals surface area (Å²) in [5, 5.41) is 8.28. The number of aromatic nitrogens is 2. The molecule has 0 unspecified atom stereocenters. The number of H-pyrrole nitrogens is 1. The van der Waals surface area contributed by atoms with Crippen LogP contribution in [-0.2, 0) is 0 Å². The quantitative estimate of drug-likeness (QED) is 0.617. The largest absolute Gasteiger partial charge is 0.278 e. The van der Waals surface area contributed by atoms with Crippen molar-refractivity contribution >= 4 is 19.0 Å². The predicted molar refractivity (Wildman–Crippen MR) is 94.0 cm³/mol. The second kappa shape index (κ2) is 6.07. The van der Waals surface area contributed by atoms with Gasteiger partial charge >= 0.3 is 0 Å². The maximum absolute atomic E-state index is 4.13. The van der Waals surface area contributed by atoms with Gasteiger partial charge < -0.3 is 0 Å². The van der Waals surface area contributed by atoms with E-state index in [2.05, 4.69) is 69.3 Å². The van der Waals surface area contributed by atoms with Crippen molar-refractivity contribution in [1.82, 2.24) is 10.2 Å². The summed E-state index contributed by atoms with van der Waals surface area (Å²) in [5.74, 6) is 3.51. The first-order valence-corrected chi connectivity index (χ1v) is 10.1. The Morgan fingerprint density at radius 3 is 2.19 bits per heavy atom. The van der Waals surface area contributed by atoms with Crippen LogP contribution in [0.5, 0.6) is 0 Å². The minimum Gasteiger partial charge on any atom is -0.278 e. The summed E-state index contributed by atoms with van der Waals surface area (Å²) in [4.78, 5) is 0. The number of nitrogens with zero attached hydrogens (tertiary/aromatic N) is 1. The Kier molecular flexibility index (Phi) is 4.58. The lowest BCUT2D eigenvalue weighted by atomic mass is 10.1. The van der Waals surface area contributed by atoms with Gasteiger partial charge in [-0.15, -0.1) is 5.54 Å². The van der Waals surface area contributed by atoms with Crippen molar-refractivity contribution in [2.24, 2.45) is 0 Å². The first-order chi connectivity index (χ1) is 9.89.